The molecular weight excluding hydrogens is 294 g/mol. The Balaban J connectivity index is 1.99. The SMILES string of the molecule is CCC(C)NC(=NCC(=O)N(C)C)NC1CCc2ncnn2C1. The standard InChI is InChI=1S/C15H27N7O/c1-5-11(2)19-15(16-8-14(23)21(3)4)20-12-6-7-13-17-10-18-22(13)9-12/h10-12H,5-9H2,1-4H3,(H2,16,19,20). The summed E-state index contributed by atoms with van der Waals surface area (Å²) in [6.07, 6.45) is 4.45. The normalized spacial score (nSPS) is 19.0. The van der Waals surface area contributed by atoms with Gasteiger partial charge in [-0.25, -0.2) is 14.7 Å². The van der Waals surface area contributed by atoms with E-state index in [4.69, 9.17) is 0 Å². The van der Waals surface area contributed by atoms with E-state index >= 15 is 0 Å². The summed E-state index contributed by atoms with van der Waals surface area (Å²) in [7, 11) is 3.47. The minimum absolute atomic E-state index is 0.0162. The highest BCUT2D eigenvalue weighted by Gasteiger charge is 2.21. The van der Waals surface area contributed by atoms with E-state index in [2.05, 4.69) is 39.6 Å². The van der Waals surface area contributed by atoms with Crippen molar-refractivity contribution in [1.29, 1.82) is 0 Å². The molecule has 2 rings (SSSR count). The molecule has 128 valence electrons. The first-order valence-electron chi connectivity index (χ1n) is 8.14. The molecule has 2 unspecified atom stereocenters. The molecule has 2 heterocycles. The largest absolute Gasteiger partial charge is 0.354 e. The quantitative estimate of drug-likeness (QED) is 0.589. The van der Waals surface area contributed by atoms with Gasteiger partial charge in [-0.05, 0) is 19.8 Å². The fourth-order valence-corrected chi connectivity index (χ4v) is 2.31. The van der Waals surface area contributed by atoms with Gasteiger partial charge in [-0.2, -0.15) is 5.10 Å². The van der Waals surface area contributed by atoms with Crippen molar-refractivity contribution in [2.45, 2.75) is 51.7 Å². The predicted octanol–water partition coefficient (Wildman–Crippen LogP) is 0.0148. The zero-order valence-electron chi connectivity index (χ0n) is 14.4. The number of likely N-dealkylation sites (N-methyl/N-ethyl adjacent to an activating group) is 1. The zero-order valence-corrected chi connectivity index (χ0v) is 14.4. The number of guanidine groups is 1. The van der Waals surface area contributed by atoms with Crippen molar-refractivity contribution in [2.24, 2.45) is 4.99 Å². The molecule has 23 heavy (non-hydrogen) atoms. The third-order valence-corrected chi connectivity index (χ3v) is 4.01. The lowest BCUT2D eigenvalue weighted by Gasteiger charge is -2.26. The summed E-state index contributed by atoms with van der Waals surface area (Å²) in [5.41, 5.74) is 0. The Morgan fingerprint density at radius 3 is 3.04 bits per heavy atom. The summed E-state index contributed by atoms with van der Waals surface area (Å²) in [5.74, 6) is 1.69. The minimum Gasteiger partial charge on any atom is -0.354 e. The molecule has 0 spiro atoms. The Morgan fingerprint density at radius 1 is 1.57 bits per heavy atom. The average molecular weight is 321 g/mol. The second-order valence-corrected chi connectivity index (χ2v) is 6.14. The maximum absolute atomic E-state index is 11.8. The van der Waals surface area contributed by atoms with E-state index in [0.29, 0.717) is 12.0 Å². The Bertz CT molecular complexity index is 552. The molecule has 2 N–H and O–H groups in total. The Kier molecular flexibility index (Phi) is 5.95. The first kappa shape index (κ1) is 17.2. The number of nitrogens with zero attached hydrogens (tertiary/aromatic N) is 5. The first-order valence-corrected chi connectivity index (χ1v) is 8.14. The lowest BCUT2D eigenvalue weighted by Crippen LogP contribution is -2.49. The van der Waals surface area contributed by atoms with Crippen LogP contribution in [-0.2, 0) is 17.8 Å². The van der Waals surface area contributed by atoms with Crippen LogP contribution < -0.4 is 10.6 Å². The van der Waals surface area contributed by atoms with Crippen LogP contribution in [0.1, 0.15) is 32.5 Å². The van der Waals surface area contributed by atoms with Crippen LogP contribution in [0.3, 0.4) is 0 Å². The maximum Gasteiger partial charge on any atom is 0.243 e. The number of fused-ring (bicyclic) bond motifs is 1. The molecule has 0 radical (unpaired) electrons. The second kappa shape index (κ2) is 7.94. The highest BCUT2D eigenvalue weighted by molar-refractivity contribution is 5.85. The molecule has 1 aliphatic heterocycles. The van der Waals surface area contributed by atoms with Crippen LogP contribution in [-0.4, -0.2) is 64.3 Å². The number of aliphatic imine (C=N–C) groups is 1. The zero-order chi connectivity index (χ0) is 16.8. The Hall–Kier alpha value is -2.12. The van der Waals surface area contributed by atoms with Gasteiger partial charge in [-0.15, -0.1) is 0 Å². The lowest BCUT2D eigenvalue weighted by molar-refractivity contribution is -0.127. The van der Waals surface area contributed by atoms with Crippen LogP contribution >= 0.6 is 0 Å². The number of rotatable bonds is 5. The van der Waals surface area contributed by atoms with E-state index in [9.17, 15) is 4.79 Å². The molecule has 0 saturated heterocycles. The molecule has 0 aromatic carbocycles. The topological polar surface area (TPSA) is 87.4 Å². The molecule has 0 fully saturated rings. The molecule has 1 amide bonds. The van der Waals surface area contributed by atoms with E-state index in [1.165, 1.54) is 0 Å². The van der Waals surface area contributed by atoms with Gasteiger partial charge in [-0.3, -0.25) is 4.79 Å². The van der Waals surface area contributed by atoms with E-state index in [1.54, 1.807) is 25.3 Å². The highest BCUT2D eigenvalue weighted by atomic mass is 16.2. The predicted molar refractivity (Wildman–Crippen MR) is 89.2 cm³/mol. The van der Waals surface area contributed by atoms with Gasteiger partial charge in [0.25, 0.3) is 0 Å². The van der Waals surface area contributed by atoms with Gasteiger partial charge >= 0.3 is 0 Å². The number of hydrogen-bond donors (Lipinski definition) is 2. The van der Waals surface area contributed by atoms with Crippen LogP contribution in [0.4, 0.5) is 0 Å². The number of amides is 1. The van der Waals surface area contributed by atoms with Crippen molar-refractivity contribution in [3.05, 3.63) is 12.2 Å². The van der Waals surface area contributed by atoms with Gasteiger partial charge in [0, 0.05) is 32.6 Å². The summed E-state index contributed by atoms with van der Waals surface area (Å²) in [6.45, 7) is 5.11. The summed E-state index contributed by atoms with van der Waals surface area (Å²) >= 11 is 0. The molecule has 1 aromatic rings. The molecule has 0 bridgehead atoms. The maximum atomic E-state index is 11.8. The molecule has 0 saturated carbocycles. The van der Waals surface area contributed by atoms with Crippen molar-refractivity contribution < 1.29 is 4.79 Å². The third-order valence-electron chi connectivity index (χ3n) is 4.01. The van der Waals surface area contributed by atoms with E-state index in [1.807, 2.05) is 4.68 Å². The van der Waals surface area contributed by atoms with Gasteiger partial charge in [-0.1, -0.05) is 6.92 Å². The van der Waals surface area contributed by atoms with Gasteiger partial charge in [0.1, 0.15) is 18.7 Å². The summed E-state index contributed by atoms with van der Waals surface area (Å²) in [6, 6.07) is 0.523. The fraction of sp³-hybridized carbons (Fsp3) is 0.733. The van der Waals surface area contributed by atoms with E-state index < -0.39 is 0 Å². The smallest absolute Gasteiger partial charge is 0.243 e. The Morgan fingerprint density at radius 2 is 2.35 bits per heavy atom. The monoisotopic (exact) mass is 321 g/mol. The number of aromatic nitrogens is 3. The summed E-state index contributed by atoms with van der Waals surface area (Å²) in [5, 5.41) is 11.0. The van der Waals surface area contributed by atoms with Crippen molar-refractivity contribution in [3.63, 3.8) is 0 Å². The van der Waals surface area contributed by atoms with Crippen molar-refractivity contribution in [1.82, 2.24) is 30.3 Å². The van der Waals surface area contributed by atoms with Crippen LogP contribution in [0.5, 0.6) is 0 Å². The lowest BCUT2D eigenvalue weighted by atomic mass is 10.1. The minimum atomic E-state index is -0.0162. The van der Waals surface area contributed by atoms with Gasteiger partial charge in [0.15, 0.2) is 5.96 Å². The van der Waals surface area contributed by atoms with Crippen molar-refractivity contribution in [2.75, 3.05) is 20.6 Å². The molecule has 8 nitrogen and oxygen atoms in total. The number of nitrogens with one attached hydrogen (secondary N) is 2. The second-order valence-electron chi connectivity index (χ2n) is 6.14. The van der Waals surface area contributed by atoms with E-state index in [-0.39, 0.29) is 18.5 Å². The van der Waals surface area contributed by atoms with Crippen LogP contribution in [0.2, 0.25) is 0 Å². The van der Waals surface area contributed by atoms with Crippen molar-refractivity contribution in [3.8, 4) is 0 Å². The Labute approximate surface area is 137 Å². The highest BCUT2D eigenvalue weighted by Crippen LogP contribution is 2.11. The average Bonchev–Trinajstić information content (AvgIpc) is 2.99. The molecule has 0 aliphatic carbocycles. The molecule has 2 atom stereocenters. The van der Waals surface area contributed by atoms with E-state index in [0.717, 1.165) is 31.6 Å². The molecule has 1 aliphatic rings. The van der Waals surface area contributed by atoms with Gasteiger partial charge in [0.2, 0.25) is 5.91 Å². The molecule has 1 aromatic heterocycles. The van der Waals surface area contributed by atoms with Crippen molar-refractivity contribution >= 4 is 11.9 Å². The van der Waals surface area contributed by atoms with Gasteiger partial charge in [0.05, 0.1) is 6.54 Å². The first-order chi connectivity index (χ1) is 11.0. The number of carbonyl (C=O) groups excluding carboxylic acids is 1. The number of aryl methyl sites for hydroxylation is 1. The molecule has 8 heteroatoms. The number of hydrogen-bond acceptors (Lipinski definition) is 4. The van der Waals surface area contributed by atoms with Crippen LogP contribution in [0, 0.1) is 0 Å². The van der Waals surface area contributed by atoms with Crippen LogP contribution in [0.15, 0.2) is 11.3 Å². The van der Waals surface area contributed by atoms with Gasteiger partial charge < -0.3 is 15.5 Å². The summed E-state index contributed by atoms with van der Waals surface area (Å²) in [4.78, 5) is 22.0. The number of carbonyl (C=O) groups is 1. The van der Waals surface area contributed by atoms with Crippen LogP contribution in [0.25, 0.3) is 0 Å². The molecular formula is C15H27N7O. The fourth-order valence-electron chi connectivity index (χ4n) is 2.31. The summed E-state index contributed by atoms with van der Waals surface area (Å²) < 4.78 is 1.92. The third kappa shape index (κ3) is 4.94.